The number of benzene rings is 1. The average molecular weight is 326 g/mol. The van der Waals surface area contributed by atoms with Crippen molar-refractivity contribution in [1.29, 1.82) is 0 Å². The van der Waals surface area contributed by atoms with E-state index in [1.54, 1.807) is 6.92 Å². The lowest BCUT2D eigenvalue weighted by Gasteiger charge is -2.24. The Kier molecular flexibility index (Phi) is 5.25. The zero-order valence-corrected chi connectivity index (χ0v) is 12.8. The Morgan fingerprint density at radius 1 is 1.26 bits per heavy atom. The van der Waals surface area contributed by atoms with E-state index in [2.05, 4.69) is 21.2 Å². The van der Waals surface area contributed by atoms with Gasteiger partial charge in [0.2, 0.25) is 0 Å². The molecule has 2 rings (SSSR count). The summed E-state index contributed by atoms with van der Waals surface area (Å²) in [5.74, 6) is 0.698. The molecule has 3 nitrogen and oxygen atoms in total. The predicted octanol–water partition coefficient (Wildman–Crippen LogP) is 3.67. The number of ether oxygens (including phenoxy) is 1. The Morgan fingerprint density at radius 2 is 1.89 bits per heavy atom. The van der Waals surface area contributed by atoms with Crippen LogP contribution in [0.2, 0.25) is 0 Å². The van der Waals surface area contributed by atoms with Crippen LogP contribution >= 0.6 is 15.9 Å². The summed E-state index contributed by atoms with van der Waals surface area (Å²) in [6.07, 6.45) is 5.45. The van der Waals surface area contributed by atoms with Crippen LogP contribution in [0.25, 0.3) is 0 Å². The molecule has 1 fully saturated rings. The second-order valence-electron chi connectivity index (χ2n) is 5.06. The lowest BCUT2D eigenvalue weighted by molar-refractivity contribution is -0.128. The Bertz CT molecular complexity index is 413. The molecule has 104 valence electrons. The molecule has 1 amide bonds. The van der Waals surface area contributed by atoms with Crippen molar-refractivity contribution >= 4 is 21.8 Å². The van der Waals surface area contributed by atoms with Gasteiger partial charge in [-0.3, -0.25) is 4.79 Å². The molecule has 0 heterocycles. The van der Waals surface area contributed by atoms with Gasteiger partial charge in [0.05, 0.1) is 0 Å². The molecule has 0 aliphatic heterocycles. The van der Waals surface area contributed by atoms with Gasteiger partial charge in [0.25, 0.3) is 5.91 Å². The molecule has 1 aromatic rings. The second-order valence-corrected chi connectivity index (χ2v) is 5.97. The first-order valence-electron chi connectivity index (χ1n) is 6.88. The van der Waals surface area contributed by atoms with Crippen LogP contribution in [0.4, 0.5) is 0 Å². The van der Waals surface area contributed by atoms with Gasteiger partial charge in [-0.25, -0.2) is 0 Å². The SMILES string of the molecule is C[C@H](Oc1ccc(Br)cc1)C(=O)NC1CCCCC1. The number of hydrogen-bond donors (Lipinski definition) is 1. The molecule has 1 N–H and O–H groups in total. The fourth-order valence-corrected chi connectivity index (χ4v) is 2.60. The van der Waals surface area contributed by atoms with Crippen molar-refractivity contribution in [1.82, 2.24) is 5.32 Å². The number of rotatable bonds is 4. The zero-order chi connectivity index (χ0) is 13.7. The van der Waals surface area contributed by atoms with Gasteiger partial charge < -0.3 is 10.1 Å². The minimum atomic E-state index is -0.455. The number of hydrogen-bond acceptors (Lipinski definition) is 2. The molecular formula is C15H20BrNO2. The topological polar surface area (TPSA) is 38.3 Å². The molecule has 0 unspecified atom stereocenters. The van der Waals surface area contributed by atoms with Crippen molar-refractivity contribution in [3.8, 4) is 5.75 Å². The molecule has 19 heavy (non-hydrogen) atoms. The highest BCUT2D eigenvalue weighted by Crippen LogP contribution is 2.19. The van der Waals surface area contributed by atoms with Gasteiger partial charge in [-0.15, -0.1) is 0 Å². The van der Waals surface area contributed by atoms with Gasteiger partial charge in [0.1, 0.15) is 5.75 Å². The molecule has 0 saturated heterocycles. The van der Waals surface area contributed by atoms with Gasteiger partial charge in [0, 0.05) is 10.5 Å². The lowest BCUT2D eigenvalue weighted by atomic mass is 9.95. The molecular weight excluding hydrogens is 306 g/mol. The Morgan fingerprint density at radius 3 is 2.53 bits per heavy atom. The van der Waals surface area contributed by atoms with E-state index in [0.717, 1.165) is 23.1 Å². The molecule has 1 aliphatic carbocycles. The molecule has 1 aromatic carbocycles. The van der Waals surface area contributed by atoms with Gasteiger partial charge in [-0.1, -0.05) is 35.2 Å². The molecule has 1 saturated carbocycles. The standard InChI is InChI=1S/C15H20BrNO2/c1-11(19-14-9-7-12(16)8-10-14)15(18)17-13-5-3-2-4-6-13/h7-11,13H,2-6H2,1H3,(H,17,18)/t11-/m0/s1. The van der Waals surface area contributed by atoms with Crippen molar-refractivity contribution in [3.63, 3.8) is 0 Å². The first kappa shape index (κ1) is 14.4. The highest BCUT2D eigenvalue weighted by molar-refractivity contribution is 9.10. The number of nitrogens with one attached hydrogen (secondary N) is 1. The Balaban J connectivity index is 1.83. The first-order valence-corrected chi connectivity index (χ1v) is 7.67. The zero-order valence-electron chi connectivity index (χ0n) is 11.2. The normalized spacial score (nSPS) is 17.8. The van der Waals surface area contributed by atoms with Crippen molar-refractivity contribution in [2.45, 2.75) is 51.2 Å². The maximum Gasteiger partial charge on any atom is 0.260 e. The van der Waals surface area contributed by atoms with Gasteiger partial charge in [-0.05, 0) is 44.0 Å². The average Bonchev–Trinajstić information content (AvgIpc) is 2.42. The number of halogens is 1. The maximum absolute atomic E-state index is 12.0. The smallest absolute Gasteiger partial charge is 0.260 e. The van der Waals surface area contributed by atoms with E-state index < -0.39 is 6.10 Å². The maximum atomic E-state index is 12.0. The third kappa shape index (κ3) is 4.53. The second kappa shape index (κ2) is 6.94. The van der Waals surface area contributed by atoms with Crippen molar-refractivity contribution in [2.24, 2.45) is 0 Å². The van der Waals surface area contributed by atoms with Gasteiger partial charge in [0.15, 0.2) is 6.10 Å². The van der Waals surface area contributed by atoms with Crippen LogP contribution in [0.3, 0.4) is 0 Å². The Hall–Kier alpha value is -1.03. The molecule has 1 aliphatic rings. The lowest BCUT2D eigenvalue weighted by Crippen LogP contribution is -2.43. The highest BCUT2D eigenvalue weighted by atomic mass is 79.9. The number of carbonyl (C=O) groups is 1. The summed E-state index contributed by atoms with van der Waals surface area (Å²) in [4.78, 5) is 12.0. The van der Waals surface area contributed by atoms with Gasteiger partial charge in [-0.2, -0.15) is 0 Å². The van der Waals surface area contributed by atoms with Crippen molar-refractivity contribution < 1.29 is 9.53 Å². The summed E-state index contributed by atoms with van der Waals surface area (Å²) in [5, 5.41) is 3.08. The Labute approximate surface area is 122 Å². The van der Waals surface area contributed by atoms with Crippen LogP contribution in [0, 0.1) is 0 Å². The fraction of sp³-hybridized carbons (Fsp3) is 0.533. The van der Waals surface area contributed by atoms with E-state index in [9.17, 15) is 4.79 Å². The van der Waals surface area contributed by atoms with Crippen LogP contribution in [0.5, 0.6) is 5.75 Å². The van der Waals surface area contributed by atoms with E-state index in [0.29, 0.717) is 6.04 Å². The number of carbonyl (C=O) groups excluding carboxylic acids is 1. The van der Waals surface area contributed by atoms with E-state index >= 15 is 0 Å². The van der Waals surface area contributed by atoms with E-state index in [1.165, 1.54) is 19.3 Å². The monoisotopic (exact) mass is 325 g/mol. The van der Waals surface area contributed by atoms with Crippen LogP contribution in [0.15, 0.2) is 28.7 Å². The molecule has 0 radical (unpaired) electrons. The van der Waals surface area contributed by atoms with Crippen LogP contribution in [-0.4, -0.2) is 18.1 Å². The third-order valence-electron chi connectivity index (χ3n) is 3.45. The summed E-state index contributed by atoms with van der Waals surface area (Å²) in [7, 11) is 0. The summed E-state index contributed by atoms with van der Waals surface area (Å²) in [5.41, 5.74) is 0. The van der Waals surface area contributed by atoms with Crippen molar-refractivity contribution in [2.75, 3.05) is 0 Å². The molecule has 0 aromatic heterocycles. The van der Waals surface area contributed by atoms with Crippen LogP contribution < -0.4 is 10.1 Å². The van der Waals surface area contributed by atoms with E-state index in [-0.39, 0.29) is 5.91 Å². The van der Waals surface area contributed by atoms with Crippen LogP contribution in [0.1, 0.15) is 39.0 Å². The first-order chi connectivity index (χ1) is 9.15. The molecule has 0 spiro atoms. The molecule has 1 atom stereocenters. The largest absolute Gasteiger partial charge is 0.481 e. The fourth-order valence-electron chi connectivity index (χ4n) is 2.34. The summed E-state index contributed by atoms with van der Waals surface area (Å²) in [6, 6.07) is 7.85. The van der Waals surface area contributed by atoms with Gasteiger partial charge >= 0.3 is 0 Å². The van der Waals surface area contributed by atoms with E-state index in [1.807, 2.05) is 24.3 Å². The summed E-state index contributed by atoms with van der Waals surface area (Å²) < 4.78 is 6.64. The molecule has 4 heteroatoms. The summed E-state index contributed by atoms with van der Waals surface area (Å²) in [6.45, 7) is 1.79. The van der Waals surface area contributed by atoms with Crippen LogP contribution in [-0.2, 0) is 4.79 Å². The minimum absolute atomic E-state index is 0.0187. The highest BCUT2D eigenvalue weighted by Gasteiger charge is 2.20. The summed E-state index contributed by atoms with van der Waals surface area (Å²) >= 11 is 3.37. The minimum Gasteiger partial charge on any atom is -0.481 e. The number of amides is 1. The van der Waals surface area contributed by atoms with Crippen molar-refractivity contribution in [3.05, 3.63) is 28.7 Å². The third-order valence-corrected chi connectivity index (χ3v) is 3.98. The molecule has 0 bridgehead atoms. The quantitative estimate of drug-likeness (QED) is 0.917. The van der Waals surface area contributed by atoms with E-state index in [4.69, 9.17) is 4.74 Å². The predicted molar refractivity (Wildman–Crippen MR) is 79.2 cm³/mol.